The van der Waals surface area contributed by atoms with Gasteiger partial charge in [0.1, 0.15) is 22.7 Å². The van der Waals surface area contributed by atoms with Gasteiger partial charge in [0.25, 0.3) is 8.32 Å². The number of benzene rings is 3. The van der Waals surface area contributed by atoms with Crippen molar-refractivity contribution in [1.82, 2.24) is 15.0 Å². The zero-order chi connectivity index (χ0) is 31.8. The highest BCUT2D eigenvalue weighted by atomic mass is 32.1. The van der Waals surface area contributed by atoms with E-state index in [9.17, 15) is 4.79 Å². The first-order chi connectivity index (χ1) is 21.6. The van der Waals surface area contributed by atoms with Crippen LogP contribution in [0.3, 0.4) is 0 Å². The molecule has 3 N–H and O–H groups in total. The molecule has 0 aliphatic heterocycles. The largest absolute Gasteiger partial charge is 0.401 e. The number of nitrogen functional groups attached to an aromatic ring is 1. The van der Waals surface area contributed by atoms with Crippen LogP contribution in [0.1, 0.15) is 34.1 Å². The number of aromatic nitrogens is 3. The quantitative estimate of drug-likeness (QED) is 0.199. The van der Waals surface area contributed by atoms with Gasteiger partial charge >= 0.3 is 0 Å². The zero-order valence-corrected chi connectivity index (χ0v) is 28.0. The number of ether oxygens (including phenoxy) is 1. The van der Waals surface area contributed by atoms with Crippen LogP contribution < -0.4 is 21.4 Å². The fourth-order valence-corrected chi connectivity index (χ4v) is 12.4. The molecule has 0 radical (unpaired) electrons. The Morgan fingerprint density at radius 1 is 0.933 bits per heavy atom. The SMILES string of the molecule is CO[C@@H]1C(O[Si](c2ccccc2)(c2ccccc2)C(C)(C)C)[C@@H](C(C)=O)C[C@H]1Nc1nc(N)ncc1-c1nc2ccccc2s1. The average molecular weight is 638 g/mol. The van der Waals surface area contributed by atoms with Gasteiger partial charge in [0.05, 0.1) is 27.9 Å². The second kappa shape index (κ2) is 12.4. The van der Waals surface area contributed by atoms with E-state index >= 15 is 0 Å². The number of anilines is 2. The monoisotopic (exact) mass is 637 g/mol. The molecule has 6 rings (SSSR count). The van der Waals surface area contributed by atoms with Gasteiger partial charge in [0.15, 0.2) is 0 Å². The number of carbonyl (C=O) groups excluding carboxylic acids is 1. The van der Waals surface area contributed by atoms with Crippen LogP contribution in [0, 0.1) is 5.92 Å². The smallest absolute Gasteiger partial charge is 0.261 e. The Morgan fingerprint density at radius 3 is 2.13 bits per heavy atom. The highest BCUT2D eigenvalue weighted by Gasteiger charge is 2.56. The molecule has 1 unspecified atom stereocenters. The Balaban J connectivity index is 1.42. The van der Waals surface area contributed by atoms with Gasteiger partial charge in [-0.2, -0.15) is 4.98 Å². The number of nitrogens with two attached hydrogens (primary N) is 1. The maximum Gasteiger partial charge on any atom is 0.261 e. The summed E-state index contributed by atoms with van der Waals surface area (Å²) < 4.78 is 14.9. The summed E-state index contributed by atoms with van der Waals surface area (Å²) in [6.45, 7) is 8.37. The van der Waals surface area contributed by atoms with Crippen molar-refractivity contribution in [3.8, 4) is 10.6 Å². The zero-order valence-electron chi connectivity index (χ0n) is 26.2. The second-order valence-corrected chi connectivity index (χ2v) is 17.9. The van der Waals surface area contributed by atoms with Crippen molar-refractivity contribution in [2.24, 2.45) is 5.92 Å². The number of hydrogen-bond donors (Lipinski definition) is 2. The third kappa shape index (κ3) is 5.79. The van der Waals surface area contributed by atoms with Gasteiger partial charge in [-0.1, -0.05) is 93.6 Å². The lowest BCUT2D eigenvalue weighted by atomic mass is 10.0. The number of hydrogen-bond acceptors (Lipinski definition) is 9. The molecule has 3 aromatic carbocycles. The molecule has 1 fully saturated rings. The molecule has 2 aromatic heterocycles. The molecule has 0 bridgehead atoms. The minimum Gasteiger partial charge on any atom is -0.401 e. The summed E-state index contributed by atoms with van der Waals surface area (Å²) in [5.41, 5.74) is 7.76. The second-order valence-electron chi connectivity index (χ2n) is 12.6. The Kier molecular flexibility index (Phi) is 8.58. The highest BCUT2D eigenvalue weighted by Crippen LogP contribution is 2.43. The van der Waals surface area contributed by atoms with E-state index in [4.69, 9.17) is 19.9 Å². The number of rotatable bonds is 9. The van der Waals surface area contributed by atoms with Crippen molar-refractivity contribution < 1.29 is 14.0 Å². The number of nitrogens with zero attached hydrogens (tertiary/aromatic N) is 3. The molecule has 0 amide bonds. The van der Waals surface area contributed by atoms with E-state index in [1.807, 2.05) is 36.4 Å². The molecule has 45 heavy (non-hydrogen) atoms. The minimum absolute atomic E-state index is 0.0675. The van der Waals surface area contributed by atoms with Gasteiger partial charge in [-0.05, 0) is 40.9 Å². The molecule has 2 heterocycles. The Bertz CT molecular complexity index is 1720. The summed E-state index contributed by atoms with van der Waals surface area (Å²) in [6, 6.07) is 28.7. The molecular weight excluding hydrogens is 599 g/mol. The molecule has 8 nitrogen and oxygen atoms in total. The van der Waals surface area contributed by atoms with Crippen LogP contribution in [0.5, 0.6) is 0 Å². The number of thiazole rings is 1. The molecule has 0 saturated heterocycles. The molecule has 0 spiro atoms. The number of para-hydroxylation sites is 1. The Labute approximate surface area is 269 Å². The van der Waals surface area contributed by atoms with Crippen LogP contribution in [0.4, 0.5) is 11.8 Å². The lowest BCUT2D eigenvalue weighted by Gasteiger charge is -2.46. The van der Waals surface area contributed by atoms with Gasteiger partial charge in [0, 0.05) is 19.2 Å². The first-order valence-electron chi connectivity index (χ1n) is 15.2. The van der Waals surface area contributed by atoms with Crippen LogP contribution in [-0.2, 0) is 14.0 Å². The van der Waals surface area contributed by atoms with Crippen molar-refractivity contribution in [3.63, 3.8) is 0 Å². The molecule has 232 valence electrons. The van der Waals surface area contributed by atoms with Crippen molar-refractivity contribution in [1.29, 1.82) is 0 Å². The van der Waals surface area contributed by atoms with Gasteiger partial charge in [0.2, 0.25) is 5.95 Å². The van der Waals surface area contributed by atoms with E-state index in [2.05, 4.69) is 84.6 Å². The third-order valence-corrected chi connectivity index (χ3v) is 14.9. The molecule has 1 aliphatic rings. The Morgan fingerprint density at radius 2 is 1.56 bits per heavy atom. The summed E-state index contributed by atoms with van der Waals surface area (Å²) in [5, 5.41) is 6.43. The molecular formula is C35H39N5O3SSi. The molecule has 5 aromatic rings. The van der Waals surface area contributed by atoms with Crippen LogP contribution in [-0.4, -0.2) is 54.4 Å². The summed E-state index contributed by atoms with van der Waals surface area (Å²) >= 11 is 1.57. The summed E-state index contributed by atoms with van der Waals surface area (Å²) in [5.74, 6) is 0.386. The van der Waals surface area contributed by atoms with Crippen molar-refractivity contribution in [2.45, 2.75) is 57.4 Å². The van der Waals surface area contributed by atoms with E-state index in [1.165, 1.54) is 0 Å². The Hall–Kier alpha value is -3.96. The normalized spacial score (nSPS) is 20.4. The van der Waals surface area contributed by atoms with Gasteiger partial charge < -0.3 is 20.2 Å². The lowest BCUT2D eigenvalue weighted by Crippen LogP contribution is -2.69. The lowest BCUT2D eigenvalue weighted by molar-refractivity contribution is -0.124. The maximum absolute atomic E-state index is 13.4. The highest BCUT2D eigenvalue weighted by molar-refractivity contribution is 7.21. The van der Waals surface area contributed by atoms with Crippen molar-refractivity contribution in [3.05, 3.63) is 91.1 Å². The number of carbonyl (C=O) groups is 1. The van der Waals surface area contributed by atoms with E-state index in [-0.39, 0.29) is 28.7 Å². The van der Waals surface area contributed by atoms with Crippen molar-refractivity contribution in [2.75, 3.05) is 18.2 Å². The van der Waals surface area contributed by atoms with Gasteiger partial charge in [-0.3, -0.25) is 4.79 Å². The first-order valence-corrected chi connectivity index (χ1v) is 17.9. The maximum atomic E-state index is 13.4. The number of ketones is 1. The molecule has 1 saturated carbocycles. The number of Topliss-reactive ketones (excluding diaryl/α,β-unsaturated/α-hetero) is 1. The average Bonchev–Trinajstić information content (AvgIpc) is 3.61. The predicted octanol–water partition coefficient (Wildman–Crippen LogP) is 5.69. The molecule has 10 heteroatoms. The van der Waals surface area contributed by atoms with Crippen LogP contribution in [0.2, 0.25) is 5.04 Å². The predicted molar refractivity (Wildman–Crippen MR) is 185 cm³/mol. The van der Waals surface area contributed by atoms with E-state index in [0.29, 0.717) is 12.2 Å². The number of nitrogens with one attached hydrogen (secondary N) is 1. The van der Waals surface area contributed by atoms with Crippen molar-refractivity contribution >= 4 is 57.8 Å². The minimum atomic E-state index is -2.99. The summed E-state index contributed by atoms with van der Waals surface area (Å²) in [7, 11) is -1.30. The fraction of sp³-hybridized carbons (Fsp3) is 0.314. The van der Waals surface area contributed by atoms with Crippen LogP contribution >= 0.6 is 11.3 Å². The van der Waals surface area contributed by atoms with E-state index in [0.717, 1.165) is 31.2 Å². The topological polar surface area (TPSA) is 112 Å². The van der Waals surface area contributed by atoms with Gasteiger partial charge in [-0.25, -0.2) is 9.97 Å². The van der Waals surface area contributed by atoms with E-state index in [1.54, 1.807) is 31.6 Å². The summed E-state index contributed by atoms with van der Waals surface area (Å²) in [6.07, 6.45) is 1.28. The van der Waals surface area contributed by atoms with Gasteiger partial charge in [-0.15, -0.1) is 11.3 Å². The third-order valence-electron chi connectivity index (χ3n) is 8.80. The molecule has 4 atom stereocenters. The molecule has 1 aliphatic carbocycles. The van der Waals surface area contributed by atoms with Crippen LogP contribution in [0.25, 0.3) is 20.8 Å². The van der Waals surface area contributed by atoms with E-state index < -0.39 is 20.5 Å². The first kappa shape index (κ1) is 31.0. The number of methoxy groups -OCH3 is 1. The van der Waals surface area contributed by atoms with Crippen LogP contribution in [0.15, 0.2) is 91.1 Å². The fourth-order valence-electron chi connectivity index (χ4n) is 6.71. The standard InChI is InChI=1S/C35H39N5O3SSi/c1-22(41)25-20-28(38-32-26(21-37-34(36)40-32)33-39-27-18-12-13-19-29(27)44-33)31(42-5)30(25)43-45(35(2,3)4,23-14-8-6-9-15-23)24-16-10-7-11-17-24/h6-19,21,25,28,30-31H,20H2,1-5H3,(H3,36,37,38,40)/t25-,28-,30?,31+/m1/s1. The summed E-state index contributed by atoms with van der Waals surface area (Å²) in [4.78, 5) is 27.1. The number of fused-ring (bicyclic) bond motifs is 1.